The zero-order valence-corrected chi connectivity index (χ0v) is 31.1. The number of benzene rings is 1. The fraction of sp³-hybridized carbons (Fsp3) is 0.714. The van der Waals surface area contributed by atoms with E-state index in [9.17, 15) is 9.59 Å². The van der Waals surface area contributed by atoms with E-state index in [1.165, 1.54) is 11.8 Å². The van der Waals surface area contributed by atoms with Crippen molar-refractivity contribution in [2.24, 2.45) is 21.7 Å². The van der Waals surface area contributed by atoms with Crippen molar-refractivity contribution in [2.75, 3.05) is 38.7 Å². The van der Waals surface area contributed by atoms with E-state index >= 15 is 0 Å². The number of nitrogens with one attached hydrogen (secondary N) is 3. The van der Waals surface area contributed by atoms with Gasteiger partial charge in [0.2, 0.25) is 17.7 Å². The molecular weight excluding hydrogens is 586 g/mol. The van der Waals surface area contributed by atoms with Gasteiger partial charge in [-0.05, 0) is 68.0 Å². The third kappa shape index (κ3) is 14.7. The Balaban J connectivity index is 0.00000496. The lowest BCUT2D eigenvalue weighted by Crippen LogP contribution is -2.44. The lowest BCUT2D eigenvalue weighted by molar-refractivity contribution is -0.133. The molecule has 0 aliphatic heterocycles. The highest BCUT2D eigenvalue weighted by Gasteiger charge is 2.39. The molecule has 0 saturated carbocycles. The van der Waals surface area contributed by atoms with Gasteiger partial charge in [-0.2, -0.15) is 0 Å². The van der Waals surface area contributed by atoms with Gasteiger partial charge in [0.15, 0.2) is 0 Å². The van der Waals surface area contributed by atoms with Crippen molar-refractivity contribution >= 4 is 29.3 Å². The van der Waals surface area contributed by atoms with Crippen LogP contribution in [-0.2, 0) is 14.3 Å². The van der Waals surface area contributed by atoms with Gasteiger partial charge in [-0.15, -0.1) is 10.2 Å². The molecule has 0 atom stereocenters. The minimum Gasteiger partial charge on any atom is -0.411 e. The maximum atomic E-state index is 13.3. The van der Waals surface area contributed by atoms with Crippen molar-refractivity contribution in [2.45, 2.75) is 113 Å². The molecule has 0 saturated heterocycles. The van der Waals surface area contributed by atoms with Gasteiger partial charge < -0.3 is 25.1 Å². The van der Waals surface area contributed by atoms with E-state index in [0.717, 1.165) is 24.9 Å². The molecule has 0 fully saturated rings. The van der Waals surface area contributed by atoms with E-state index in [-0.39, 0.29) is 22.6 Å². The maximum absolute atomic E-state index is 13.3. The fourth-order valence-electron chi connectivity index (χ4n) is 4.80. The Morgan fingerprint density at radius 3 is 1.91 bits per heavy atom. The molecule has 3 N–H and O–H groups in total. The molecule has 2 rings (SSSR count). The van der Waals surface area contributed by atoms with Crippen LogP contribution in [0, 0.1) is 21.7 Å². The van der Waals surface area contributed by atoms with Gasteiger partial charge in [0.25, 0.3) is 5.22 Å². The molecule has 0 unspecified atom stereocenters. The van der Waals surface area contributed by atoms with Crippen molar-refractivity contribution < 1.29 is 18.7 Å². The quantitative estimate of drug-likeness (QED) is 0.140. The molecule has 0 aliphatic carbocycles. The molecule has 2 aromatic rings. The Labute approximate surface area is 277 Å². The van der Waals surface area contributed by atoms with Crippen molar-refractivity contribution in [3.8, 4) is 11.5 Å². The van der Waals surface area contributed by atoms with Crippen LogP contribution in [0.3, 0.4) is 0 Å². The summed E-state index contributed by atoms with van der Waals surface area (Å²) in [4.78, 5) is 26.5. The van der Waals surface area contributed by atoms with Gasteiger partial charge in [0, 0.05) is 33.9 Å². The van der Waals surface area contributed by atoms with E-state index in [1.807, 2.05) is 72.9 Å². The predicted octanol–water partition coefficient (Wildman–Crippen LogP) is 7.83. The SMILES string of the molecule is CC.CNCCC(C)(C)COCC(C)(C)CCNC(=O)C(C)(C)CC(C)(C)C(=O)Nc1ccc(-c2nnc(SC(C)C)o2)cc1. The highest BCUT2D eigenvalue weighted by atomic mass is 32.2. The third-order valence-corrected chi connectivity index (χ3v) is 8.21. The smallest absolute Gasteiger partial charge is 0.277 e. The topological polar surface area (TPSA) is 118 Å². The first-order chi connectivity index (χ1) is 20.9. The van der Waals surface area contributed by atoms with E-state index in [4.69, 9.17) is 9.15 Å². The highest BCUT2D eigenvalue weighted by molar-refractivity contribution is 7.99. The second-order valence-corrected chi connectivity index (χ2v) is 16.2. The molecule has 9 nitrogen and oxygen atoms in total. The van der Waals surface area contributed by atoms with Crippen molar-refractivity contribution in [3.63, 3.8) is 0 Å². The standard InChI is InChI=1S/C33H55N5O4S.C2H6/c1-23(2)43-29-38-37-26(42-29)24-12-14-25(15-13-24)36-28(40)33(9,10)20-32(7,8)27(39)35-19-17-31(5,6)22-41-21-30(3,4)16-18-34-11;1-2/h12-15,23,34H,16-22H2,1-11H3,(H,35,39)(H,36,40);1-2H3. The summed E-state index contributed by atoms with van der Waals surface area (Å²) < 4.78 is 11.8. The van der Waals surface area contributed by atoms with Crippen molar-refractivity contribution in [1.82, 2.24) is 20.8 Å². The number of aromatic nitrogens is 2. The van der Waals surface area contributed by atoms with Crippen LogP contribution < -0.4 is 16.0 Å². The lowest BCUT2D eigenvalue weighted by Gasteiger charge is -2.33. The Hall–Kier alpha value is -2.43. The number of nitrogens with zero attached hydrogens (tertiary/aromatic N) is 2. The minimum absolute atomic E-state index is 0.0581. The van der Waals surface area contributed by atoms with Crippen LogP contribution in [0.25, 0.3) is 11.5 Å². The molecular formula is C35H61N5O4S. The molecule has 1 aromatic heterocycles. The van der Waals surface area contributed by atoms with Crippen LogP contribution in [0.15, 0.2) is 33.9 Å². The van der Waals surface area contributed by atoms with Crippen molar-refractivity contribution in [3.05, 3.63) is 24.3 Å². The lowest BCUT2D eigenvalue weighted by atomic mass is 9.74. The Morgan fingerprint density at radius 2 is 1.38 bits per heavy atom. The monoisotopic (exact) mass is 647 g/mol. The van der Waals surface area contributed by atoms with Crippen LogP contribution in [0.1, 0.15) is 102 Å². The zero-order chi connectivity index (χ0) is 34.5. The van der Waals surface area contributed by atoms with Crippen molar-refractivity contribution in [1.29, 1.82) is 0 Å². The van der Waals surface area contributed by atoms with Crippen LogP contribution in [0.5, 0.6) is 0 Å². The molecule has 256 valence electrons. The fourth-order valence-corrected chi connectivity index (χ4v) is 5.42. The largest absolute Gasteiger partial charge is 0.411 e. The normalized spacial score (nSPS) is 12.5. The van der Waals surface area contributed by atoms with Gasteiger partial charge >= 0.3 is 0 Å². The van der Waals surface area contributed by atoms with E-state index in [2.05, 4.69) is 67.7 Å². The maximum Gasteiger partial charge on any atom is 0.277 e. The van der Waals surface area contributed by atoms with Crippen LogP contribution in [0.2, 0.25) is 0 Å². The summed E-state index contributed by atoms with van der Waals surface area (Å²) in [7, 11) is 1.97. The van der Waals surface area contributed by atoms with Gasteiger partial charge in [-0.1, -0.05) is 94.8 Å². The number of amides is 2. The zero-order valence-electron chi connectivity index (χ0n) is 30.3. The molecule has 10 heteroatoms. The van der Waals surface area contributed by atoms with E-state index in [0.29, 0.717) is 48.2 Å². The Morgan fingerprint density at radius 1 is 0.844 bits per heavy atom. The summed E-state index contributed by atoms with van der Waals surface area (Å²) in [6.45, 7) is 27.3. The number of thioether (sulfide) groups is 1. The number of hydrogen-bond donors (Lipinski definition) is 3. The second-order valence-electron chi connectivity index (χ2n) is 14.7. The molecule has 0 spiro atoms. The third-order valence-electron chi connectivity index (χ3n) is 7.37. The average molecular weight is 648 g/mol. The summed E-state index contributed by atoms with van der Waals surface area (Å²) >= 11 is 1.51. The molecule has 0 bridgehead atoms. The molecule has 0 radical (unpaired) electrons. The second kappa shape index (κ2) is 18.0. The van der Waals surface area contributed by atoms with Crippen LogP contribution in [0.4, 0.5) is 5.69 Å². The van der Waals surface area contributed by atoms with Gasteiger partial charge in [-0.25, -0.2) is 0 Å². The number of carbonyl (C=O) groups is 2. The van der Waals surface area contributed by atoms with Gasteiger partial charge in [0.05, 0.1) is 13.2 Å². The molecule has 2 amide bonds. The first kappa shape index (κ1) is 40.6. The Bertz CT molecular complexity index is 1170. The number of ether oxygens (including phenoxy) is 1. The van der Waals surface area contributed by atoms with E-state index in [1.54, 1.807) is 0 Å². The van der Waals surface area contributed by atoms with Crippen LogP contribution >= 0.6 is 11.8 Å². The molecule has 1 heterocycles. The molecule has 45 heavy (non-hydrogen) atoms. The summed E-state index contributed by atoms with van der Waals surface area (Å²) in [5.74, 6) is 0.233. The first-order valence-corrected chi connectivity index (χ1v) is 17.2. The summed E-state index contributed by atoms with van der Waals surface area (Å²) in [5.41, 5.74) is -0.0128. The summed E-state index contributed by atoms with van der Waals surface area (Å²) in [6, 6.07) is 7.31. The molecule has 1 aromatic carbocycles. The highest BCUT2D eigenvalue weighted by Crippen LogP contribution is 2.35. The summed E-state index contributed by atoms with van der Waals surface area (Å²) in [6.07, 6.45) is 2.24. The average Bonchev–Trinajstić information content (AvgIpc) is 3.40. The number of carbonyl (C=O) groups excluding carboxylic acids is 2. The summed E-state index contributed by atoms with van der Waals surface area (Å²) in [5, 5.41) is 18.4. The number of hydrogen-bond acceptors (Lipinski definition) is 8. The van der Waals surface area contributed by atoms with Crippen LogP contribution in [-0.4, -0.2) is 60.6 Å². The predicted molar refractivity (Wildman–Crippen MR) is 187 cm³/mol. The Kier molecular flexibility index (Phi) is 16.3. The van der Waals surface area contributed by atoms with Gasteiger partial charge in [0.1, 0.15) is 0 Å². The number of rotatable bonds is 18. The minimum atomic E-state index is -0.776. The van der Waals surface area contributed by atoms with Gasteiger partial charge in [-0.3, -0.25) is 9.59 Å². The number of anilines is 1. The first-order valence-electron chi connectivity index (χ1n) is 16.3. The molecule has 0 aliphatic rings. The van der Waals surface area contributed by atoms with E-state index < -0.39 is 10.8 Å².